The van der Waals surface area contributed by atoms with Crippen LogP contribution in [-0.4, -0.2) is 41.2 Å². The Bertz CT molecular complexity index is 695. The van der Waals surface area contributed by atoms with Gasteiger partial charge < -0.3 is 4.90 Å². The molecule has 2 aliphatic rings. The van der Waals surface area contributed by atoms with Gasteiger partial charge in [-0.05, 0) is 37.2 Å². The highest BCUT2D eigenvalue weighted by molar-refractivity contribution is 6.35. The van der Waals surface area contributed by atoms with Crippen molar-refractivity contribution >= 4 is 17.4 Å². The fraction of sp³-hybridized carbons (Fsp3) is 0.524. The maximum Gasteiger partial charge on any atom is 0.277 e. The summed E-state index contributed by atoms with van der Waals surface area (Å²) in [4.78, 5) is 29.7. The van der Waals surface area contributed by atoms with Crippen molar-refractivity contribution in [1.82, 2.24) is 9.80 Å². The van der Waals surface area contributed by atoms with Crippen LogP contribution in [0.15, 0.2) is 30.0 Å². The standard InChI is InChI=1S/C21H28N2O2/c1-5-10-23-20(24)18(17-8-6-14(2)7-9-17)19(21(23)25)22-12-15(3)11-16(4)13-22/h6-9,15-16H,5,10-13H2,1-4H3. The zero-order chi connectivity index (χ0) is 18.1. The fourth-order valence-electron chi connectivity index (χ4n) is 4.11. The molecule has 134 valence electrons. The molecule has 2 amide bonds. The lowest BCUT2D eigenvalue weighted by Gasteiger charge is -2.37. The molecule has 0 bridgehead atoms. The van der Waals surface area contributed by atoms with Gasteiger partial charge in [0, 0.05) is 19.6 Å². The Morgan fingerprint density at radius 2 is 1.60 bits per heavy atom. The summed E-state index contributed by atoms with van der Waals surface area (Å²) in [7, 11) is 0. The molecular weight excluding hydrogens is 312 g/mol. The second-order valence-electron chi connectivity index (χ2n) is 7.70. The minimum atomic E-state index is -0.142. The first-order valence-corrected chi connectivity index (χ1v) is 9.34. The smallest absolute Gasteiger partial charge is 0.277 e. The van der Waals surface area contributed by atoms with Crippen LogP contribution in [0.3, 0.4) is 0 Å². The van der Waals surface area contributed by atoms with E-state index in [0.29, 0.717) is 29.7 Å². The van der Waals surface area contributed by atoms with Crippen molar-refractivity contribution < 1.29 is 9.59 Å². The largest absolute Gasteiger partial charge is 0.366 e. The fourth-order valence-corrected chi connectivity index (χ4v) is 4.11. The van der Waals surface area contributed by atoms with Gasteiger partial charge >= 0.3 is 0 Å². The quantitative estimate of drug-likeness (QED) is 0.788. The third-order valence-corrected chi connectivity index (χ3v) is 5.12. The predicted molar refractivity (Wildman–Crippen MR) is 99.6 cm³/mol. The van der Waals surface area contributed by atoms with Gasteiger partial charge in [0.2, 0.25) is 0 Å². The number of rotatable bonds is 4. The average molecular weight is 340 g/mol. The van der Waals surface area contributed by atoms with Crippen LogP contribution >= 0.6 is 0 Å². The third kappa shape index (κ3) is 3.35. The lowest BCUT2D eigenvalue weighted by Crippen LogP contribution is -2.42. The minimum Gasteiger partial charge on any atom is -0.366 e. The molecule has 0 radical (unpaired) electrons. The summed E-state index contributed by atoms with van der Waals surface area (Å²) in [5.74, 6) is 0.789. The third-order valence-electron chi connectivity index (χ3n) is 5.12. The molecule has 4 heteroatoms. The number of aryl methyl sites for hydroxylation is 1. The van der Waals surface area contributed by atoms with Gasteiger partial charge in [0.05, 0.1) is 5.57 Å². The summed E-state index contributed by atoms with van der Waals surface area (Å²) in [5.41, 5.74) is 3.19. The molecular formula is C21H28N2O2. The molecule has 2 atom stereocenters. The number of imide groups is 1. The number of benzene rings is 1. The Hall–Kier alpha value is -2.10. The number of hydrogen-bond donors (Lipinski definition) is 0. The normalized spacial score (nSPS) is 24.5. The SMILES string of the molecule is CCCN1C(=O)C(c2ccc(C)cc2)=C(N2CC(C)CC(C)C2)C1=O. The average Bonchev–Trinajstić information content (AvgIpc) is 2.80. The topological polar surface area (TPSA) is 40.6 Å². The summed E-state index contributed by atoms with van der Waals surface area (Å²) in [6.07, 6.45) is 1.95. The van der Waals surface area contributed by atoms with Crippen molar-refractivity contribution in [2.75, 3.05) is 19.6 Å². The van der Waals surface area contributed by atoms with Crippen molar-refractivity contribution in [3.8, 4) is 0 Å². The van der Waals surface area contributed by atoms with Crippen molar-refractivity contribution in [2.45, 2.75) is 40.5 Å². The summed E-state index contributed by atoms with van der Waals surface area (Å²) < 4.78 is 0. The predicted octanol–water partition coefficient (Wildman–Crippen LogP) is 3.46. The maximum absolute atomic E-state index is 13.1. The Balaban J connectivity index is 2.07. The van der Waals surface area contributed by atoms with Crippen LogP contribution in [0.1, 0.15) is 44.7 Å². The molecule has 0 aliphatic carbocycles. The molecule has 2 aliphatic heterocycles. The molecule has 0 aromatic heterocycles. The van der Waals surface area contributed by atoms with Gasteiger partial charge in [-0.25, -0.2) is 0 Å². The second-order valence-corrected chi connectivity index (χ2v) is 7.70. The number of carbonyl (C=O) groups is 2. The summed E-state index contributed by atoms with van der Waals surface area (Å²) >= 11 is 0. The van der Waals surface area contributed by atoms with Gasteiger partial charge in [-0.2, -0.15) is 0 Å². The molecule has 4 nitrogen and oxygen atoms in total. The van der Waals surface area contributed by atoms with Gasteiger partial charge in [0.15, 0.2) is 0 Å². The number of piperidine rings is 1. The number of hydrogen-bond acceptors (Lipinski definition) is 3. The first-order chi connectivity index (χ1) is 11.9. The Kier molecular flexibility index (Phi) is 4.98. The Morgan fingerprint density at radius 1 is 1.00 bits per heavy atom. The number of amides is 2. The van der Waals surface area contributed by atoms with E-state index in [1.54, 1.807) is 0 Å². The van der Waals surface area contributed by atoms with Gasteiger partial charge in [0.25, 0.3) is 11.8 Å². The molecule has 1 aromatic rings. The van der Waals surface area contributed by atoms with Gasteiger partial charge in [0.1, 0.15) is 5.70 Å². The van der Waals surface area contributed by atoms with E-state index in [-0.39, 0.29) is 11.8 Å². The molecule has 0 N–H and O–H groups in total. The highest BCUT2D eigenvalue weighted by atomic mass is 16.2. The lowest BCUT2D eigenvalue weighted by atomic mass is 9.91. The number of carbonyl (C=O) groups excluding carboxylic acids is 2. The van der Waals surface area contributed by atoms with E-state index in [1.807, 2.05) is 38.1 Å². The minimum absolute atomic E-state index is 0.122. The zero-order valence-electron chi connectivity index (χ0n) is 15.7. The molecule has 0 spiro atoms. The van der Waals surface area contributed by atoms with Gasteiger partial charge in [-0.15, -0.1) is 0 Å². The van der Waals surface area contributed by atoms with E-state index in [9.17, 15) is 9.59 Å². The molecule has 2 heterocycles. The maximum atomic E-state index is 13.1. The van der Waals surface area contributed by atoms with Crippen LogP contribution in [0.5, 0.6) is 0 Å². The summed E-state index contributed by atoms with van der Waals surface area (Å²) in [6.45, 7) is 10.6. The van der Waals surface area contributed by atoms with Crippen molar-refractivity contribution in [3.05, 3.63) is 41.1 Å². The van der Waals surface area contributed by atoms with Crippen LogP contribution in [0.25, 0.3) is 5.57 Å². The number of nitrogens with zero attached hydrogens (tertiary/aromatic N) is 2. The van der Waals surface area contributed by atoms with Crippen molar-refractivity contribution in [2.24, 2.45) is 11.8 Å². The van der Waals surface area contributed by atoms with E-state index >= 15 is 0 Å². The van der Waals surface area contributed by atoms with Crippen LogP contribution < -0.4 is 0 Å². The molecule has 1 fully saturated rings. The number of likely N-dealkylation sites (tertiary alicyclic amines) is 1. The van der Waals surface area contributed by atoms with Crippen LogP contribution in [0.2, 0.25) is 0 Å². The van der Waals surface area contributed by atoms with Crippen molar-refractivity contribution in [1.29, 1.82) is 0 Å². The van der Waals surface area contributed by atoms with E-state index in [1.165, 1.54) is 11.3 Å². The van der Waals surface area contributed by atoms with Crippen LogP contribution in [0, 0.1) is 18.8 Å². The van der Waals surface area contributed by atoms with Gasteiger partial charge in [-0.1, -0.05) is 50.6 Å². The highest BCUT2D eigenvalue weighted by Gasteiger charge is 2.42. The van der Waals surface area contributed by atoms with Gasteiger partial charge in [-0.3, -0.25) is 14.5 Å². The summed E-state index contributed by atoms with van der Waals surface area (Å²) in [6, 6.07) is 7.92. The Morgan fingerprint density at radius 3 is 2.16 bits per heavy atom. The van der Waals surface area contributed by atoms with E-state index in [4.69, 9.17) is 0 Å². The molecule has 25 heavy (non-hydrogen) atoms. The van der Waals surface area contributed by atoms with E-state index in [2.05, 4.69) is 18.7 Å². The Labute approximate surface area is 150 Å². The molecule has 3 rings (SSSR count). The second kappa shape index (κ2) is 7.03. The monoisotopic (exact) mass is 340 g/mol. The first kappa shape index (κ1) is 17.7. The first-order valence-electron chi connectivity index (χ1n) is 9.34. The molecule has 1 aromatic carbocycles. The lowest BCUT2D eigenvalue weighted by molar-refractivity contribution is -0.137. The zero-order valence-corrected chi connectivity index (χ0v) is 15.7. The van der Waals surface area contributed by atoms with Crippen molar-refractivity contribution in [3.63, 3.8) is 0 Å². The van der Waals surface area contributed by atoms with Crippen LogP contribution in [-0.2, 0) is 9.59 Å². The molecule has 2 unspecified atom stereocenters. The summed E-state index contributed by atoms with van der Waals surface area (Å²) in [5, 5.41) is 0. The van der Waals surface area contributed by atoms with Crippen LogP contribution in [0.4, 0.5) is 0 Å². The van der Waals surface area contributed by atoms with E-state index in [0.717, 1.165) is 30.6 Å². The highest BCUT2D eigenvalue weighted by Crippen LogP contribution is 2.35. The van der Waals surface area contributed by atoms with E-state index < -0.39 is 0 Å². The molecule has 1 saturated heterocycles. The molecule has 0 saturated carbocycles.